The monoisotopic (exact) mass is 459 g/mol. The van der Waals surface area contributed by atoms with Crippen LogP contribution in [0.3, 0.4) is 0 Å². The number of hydrogen-bond donors (Lipinski definition) is 1. The Morgan fingerprint density at radius 3 is 2.44 bits per heavy atom. The molecule has 1 amide bonds. The minimum atomic E-state index is -0.296. The maximum Gasteiger partial charge on any atom is 0.269 e. The Labute approximate surface area is 196 Å². The number of rotatable bonds is 8. The third-order valence-corrected chi connectivity index (χ3v) is 5.36. The fourth-order valence-electron chi connectivity index (χ4n) is 3.56. The third kappa shape index (κ3) is 4.83. The van der Waals surface area contributed by atoms with Gasteiger partial charge in [-0.3, -0.25) is 14.3 Å². The van der Waals surface area contributed by atoms with Crippen LogP contribution in [-0.4, -0.2) is 46.2 Å². The summed E-state index contributed by atoms with van der Waals surface area (Å²) >= 11 is 0. The van der Waals surface area contributed by atoms with E-state index in [0.29, 0.717) is 22.8 Å². The van der Waals surface area contributed by atoms with Crippen molar-refractivity contribution in [3.8, 4) is 34.0 Å². The predicted molar refractivity (Wildman–Crippen MR) is 128 cm³/mol. The highest BCUT2D eigenvalue weighted by Crippen LogP contribution is 2.28. The van der Waals surface area contributed by atoms with Gasteiger partial charge in [0, 0.05) is 30.8 Å². The molecule has 9 nitrogen and oxygen atoms in total. The average molecular weight is 460 g/mol. The van der Waals surface area contributed by atoms with E-state index >= 15 is 0 Å². The molecule has 4 aromatic rings. The van der Waals surface area contributed by atoms with Gasteiger partial charge >= 0.3 is 0 Å². The number of benzene rings is 2. The van der Waals surface area contributed by atoms with Crippen molar-refractivity contribution in [1.82, 2.24) is 24.9 Å². The van der Waals surface area contributed by atoms with Crippen LogP contribution in [0.1, 0.15) is 10.5 Å². The molecule has 0 aliphatic rings. The molecule has 0 spiro atoms. The molecule has 2 heterocycles. The van der Waals surface area contributed by atoms with E-state index in [-0.39, 0.29) is 24.6 Å². The first kappa shape index (κ1) is 22.8. The zero-order valence-corrected chi connectivity index (χ0v) is 19.2. The first-order valence-corrected chi connectivity index (χ1v) is 10.7. The predicted octanol–water partition coefficient (Wildman–Crippen LogP) is 2.76. The van der Waals surface area contributed by atoms with Gasteiger partial charge in [0.25, 0.3) is 11.5 Å². The van der Waals surface area contributed by atoms with E-state index in [2.05, 4.69) is 15.5 Å². The Kier molecular flexibility index (Phi) is 6.72. The molecule has 34 heavy (non-hydrogen) atoms. The first-order chi connectivity index (χ1) is 16.5. The summed E-state index contributed by atoms with van der Waals surface area (Å²) in [6.07, 6.45) is 0. The van der Waals surface area contributed by atoms with Gasteiger partial charge < -0.3 is 14.8 Å². The fraction of sp³-hybridized carbons (Fsp3) is 0.200. The van der Waals surface area contributed by atoms with Crippen molar-refractivity contribution < 1.29 is 14.3 Å². The summed E-state index contributed by atoms with van der Waals surface area (Å²) in [7, 11) is 4.90. The minimum Gasteiger partial charge on any atom is -0.497 e. The number of carbonyl (C=O) groups is 1. The van der Waals surface area contributed by atoms with Crippen LogP contribution in [-0.2, 0) is 13.6 Å². The maximum absolute atomic E-state index is 12.8. The quantitative estimate of drug-likeness (QED) is 0.435. The molecule has 174 valence electrons. The summed E-state index contributed by atoms with van der Waals surface area (Å²) in [6, 6.07) is 19.8. The highest BCUT2D eigenvalue weighted by atomic mass is 16.5. The summed E-state index contributed by atoms with van der Waals surface area (Å²) in [6.45, 7) is 0.457. The van der Waals surface area contributed by atoms with Gasteiger partial charge in [-0.1, -0.05) is 12.1 Å². The second-order valence-corrected chi connectivity index (χ2v) is 7.50. The van der Waals surface area contributed by atoms with Gasteiger partial charge in [0.05, 0.1) is 32.2 Å². The minimum absolute atomic E-state index is 0.228. The Hall–Kier alpha value is -4.40. The Morgan fingerprint density at radius 2 is 1.71 bits per heavy atom. The molecule has 0 saturated carbocycles. The molecule has 0 fully saturated rings. The van der Waals surface area contributed by atoms with E-state index in [0.717, 1.165) is 16.9 Å². The summed E-state index contributed by atoms with van der Waals surface area (Å²) in [5, 5.41) is 11.7. The number of nitrogens with one attached hydrogen (secondary N) is 1. The Balaban J connectivity index is 1.44. The van der Waals surface area contributed by atoms with E-state index in [1.807, 2.05) is 48.5 Å². The van der Waals surface area contributed by atoms with Gasteiger partial charge in [0.1, 0.15) is 17.2 Å². The first-order valence-electron chi connectivity index (χ1n) is 10.7. The van der Waals surface area contributed by atoms with Crippen molar-refractivity contribution in [2.45, 2.75) is 6.54 Å². The lowest BCUT2D eigenvalue weighted by Gasteiger charge is -2.09. The number of para-hydroxylation sites is 1. The van der Waals surface area contributed by atoms with Crippen LogP contribution in [0.5, 0.6) is 11.5 Å². The molecule has 0 atom stereocenters. The van der Waals surface area contributed by atoms with Crippen LogP contribution >= 0.6 is 0 Å². The largest absolute Gasteiger partial charge is 0.497 e. The molecule has 2 aromatic heterocycles. The summed E-state index contributed by atoms with van der Waals surface area (Å²) < 4.78 is 13.4. The van der Waals surface area contributed by atoms with Crippen molar-refractivity contribution in [1.29, 1.82) is 0 Å². The third-order valence-electron chi connectivity index (χ3n) is 5.36. The molecule has 0 aliphatic carbocycles. The molecule has 4 rings (SSSR count). The normalized spacial score (nSPS) is 10.7. The Bertz CT molecular complexity index is 1360. The number of aryl methyl sites for hydroxylation is 1. The molecule has 9 heteroatoms. The lowest BCUT2D eigenvalue weighted by Crippen LogP contribution is -2.32. The van der Waals surface area contributed by atoms with Crippen LogP contribution in [0, 0.1) is 0 Å². The molecule has 0 saturated heterocycles. The number of aromatic nitrogens is 4. The molecule has 0 radical (unpaired) electrons. The second-order valence-electron chi connectivity index (χ2n) is 7.50. The topological polar surface area (TPSA) is 100 Å². The van der Waals surface area contributed by atoms with Crippen molar-refractivity contribution in [2.24, 2.45) is 7.05 Å². The second kappa shape index (κ2) is 10.0. The maximum atomic E-state index is 12.8. The number of hydrogen-bond acceptors (Lipinski definition) is 6. The highest BCUT2D eigenvalue weighted by molar-refractivity contribution is 5.93. The molecular formula is C25H25N5O4. The summed E-state index contributed by atoms with van der Waals surface area (Å²) in [5.74, 6) is 1.12. The fourth-order valence-corrected chi connectivity index (χ4v) is 3.56. The lowest BCUT2D eigenvalue weighted by atomic mass is 10.1. The van der Waals surface area contributed by atoms with Crippen LogP contribution in [0.4, 0.5) is 0 Å². The summed E-state index contributed by atoms with van der Waals surface area (Å²) in [5.41, 5.74) is 3.10. The molecule has 0 unspecified atom stereocenters. The molecule has 0 bridgehead atoms. The van der Waals surface area contributed by atoms with Crippen molar-refractivity contribution >= 4 is 5.91 Å². The molecular weight excluding hydrogens is 434 g/mol. The molecule has 0 aliphatic heterocycles. The van der Waals surface area contributed by atoms with E-state index in [9.17, 15) is 9.59 Å². The van der Waals surface area contributed by atoms with E-state index < -0.39 is 0 Å². The average Bonchev–Trinajstić information content (AvgIpc) is 3.26. The smallest absolute Gasteiger partial charge is 0.269 e. The number of ether oxygens (including phenoxy) is 2. The van der Waals surface area contributed by atoms with E-state index in [4.69, 9.17) is 9.47 Å². The van der Waals surface area contributed by atoms with Crippen LogP contribution in [0.2, 0.25) is 0 Å². The number of amides is 1. The van der Waals surface area contributed by atoms with E-state index in [1.54, 1.807) is 33.4 Å². The van der Waals surface area contributed by atoms with Crippen LogP contribution in [0.25, 0.3) is 22.5 Å². The number of nitrogens with zero attached hydrogens (tertiary/aromatic N) is 4. The highest BCUT2D eigenvalue weighted by Gasteiger charge is 2.16. The van der Waals surface area contributed by atoms with Crippen molar-refractivity contribution in [2.75, 3.05) is 20.8 Å². The molecule has 2 aromatic carbocycles. The van der Waals surface area contributed by atoms with Crippen LogP contribution in [0.15, 0.2) is 71.5 Å². The van der Waals surface area contributed by atoms with Crippen LogP contribution < -0.4 is 20.3 Å². The SMILES string of the molecule is COc1ccc(-c2ccc(=O)n(CCNC(=O)c3cc(-c4ccccc4OC)nn3C)n2)cc1. The number of methoxy groups -OCH3 is 2. The van der Waals surface area contributed by atoms with Crippen molar-refractivity contribution in [3.63, 3.8) is 0 Å². The van der Waals surface area contributed by atoms with E-state index in [1.165, 1.54) is 15.4 Å². The van der Waals surface area contributed by atoms with Gasteiger partial charge in [-0.15, -0.1) is 0 Å². The van der Waals surface area contributed by atoms with Gasteiger partial charge in [0.2, 0.25) is 0 Å². The van der Waals surface area contributed by atoms with Gasteiger partial charge in [-0.25, -0.2) is 4.68 Å². The zero-order chi connectivity index (χ0) is 24.1. The zero-order valence-electron chi connectivity index (χ0n) is 19.2. The summed E-state index contributed by atoms with van der Waals surface area (Å²) in [4.78, 5) is 25.0. The van der Waals surface area contributed by atoms with Gasteiger partial charge in [-0.2, -0.15) is 10.2 Å². The Morgan fingerprint density at radius 1 is 0.941 bits per heavy atom. The van der Waals surface area contributed by atoms with Gasteiger partial charge in [0.15, 0.2) is 0 Å². The molecule has 1 N–H and O–H groups in total. The standard InChI is InChI=1S/C25H25N5O4/c1-29-22(16-21(27-29)19-6-4-5-7-23(19)34-3)25(32)26-14-15-30-24(31)13-12-20(28-30)17-8-10-18(33-2)11-9-17/h4-13,16H,14-15H2,1-3H3,(H,26,32). The van der Waals surface area contributed by atoms with Gasteiger partial charge in [-0.05, 0) is 48.5 Å². The number of carbonyl (C=O) groups excluding carboxylic acids is 1. The van der Waals surface area contributed by atoms with Crippen molar-refractivity contribution in [3.05, 3.63) is 82.8 Å². The lowest BCUT2D eigenvalue weighted by molar-refractivity contribution is 0.0942.